The molecule has 2 aromatic heterocycles. The number of ether oxygens (including phenoxy) is 1. The summed E-state index contributed by atoms with van der Waals surface area (Å²) in [5.74, 6) is -0.550. The highest BCUT2D eigenvalue weighted by Gasteiger charge is 2.34. The molecule has 0 aliphatic rings. The fourth-order valence-corrected chi connectivity index (χ4v) is 4.98. The van der Waals surface area contributed by atoms with E-state index in [1.54, 1.807) is 0 Å². The number of methoxy groups -OCH3 is 1. The number of aryl methyl sites for hydroxylation is 1. The maximum Gasteiger partial charge on any atom is 0.417 e. The molecule has 0 spiro atoms. The van der Waals surface area contributed by atoms with Gasteiger partial charge in [-0.2, -0.15) is 13.2 Å². The number of carbonyl (C=O) groups excluding carboxylic acids is 1. The van der Waals surface area contributed by atoms with E-state index in [4.69, 9.17) is 21.4 Å². The number of halogens is 3. The van der Waals surface area contributed by atoms with Crippen molar-refractivity contribution in [2.24, 2.45) is 0 Å². The highest BCUT2D eigenvalue weighted by Crippen LogP contribution is 2.40. The Kier molecular flexibility index (Phi) is 6.64. The number of thiocarbonyl (C=S) groups is 1. The second kappa shape index (κ2) is 9.51. The van der Waals surface area contributed by atoms with Gasteiger partial charge in [-0.15, -0.1) is 11.3 Å². The van der Waals surface area contributed by atoms with Gasteiger partial charge in [0.2, 0.25) is 0 Å². The number of nitrogens with one attached hydrogen (secondary N) is 2. The van der Waals surface area contributed by atoms with Crippen molar-refractivity contribution in [2.45, 2.75) is 13.1 Å². The fraction of sp³-hybridized carbons (Fsp3) is 0.125. The Labute approximate surface area is 206 Å². The van der Waals surface area contributed by atoms with E-state index >= 15 is 0 Å². The number of anilines is 2. The number of carbonyl (C=O) groups is 1. The molecule has 2 heterocycles. The van der Waals surface area contributed by atoms with Crippen LogP contribution in [0.2, 0.25) is 0 Å². The average Bonchev–Trinajstić information content (AvgIpc) is 3.12. The van der Waals surface area contributed by atoms with Gasteiger partial charge in [0, 0.05) is 33.6 Å². The number of thiophene rings is 1. The molecule has 0 bridgehead atoms. The molecule has 0 unspecified atom stereocenters. The highest BCUT2D eigenvalue weighted by molar-refractivity contribution is 7.80. The first-order valence-corrected chi connectivity index (χ1v) is 11.3. The van der Waals surface area contributed by atoms with E-state index in [0.717, 1.165) is 10.4 Å². The van der Waals surface area contributed by atoms with Crippen molar-refractivity contribution in [3.8, 4) is 11.1 Å². The fourth-order valence-electron chi connectivity index (χ4n) is 3.62. The Hall–Kier alpha value is -3.70. The summed E-state index contributed by atoms with van der Waals surface area (Å²) in [5, 5.41) is 6.07. The van der Waals surface area contributed by atoms with Crippen LogP contribution < -0.4 is 16.3 Å². The SMILES string of the molecule is COC(=O)c1c(NC(=S)Nc2ccc3c(C(F)(F)F)cc(=O)oc3c2)sc(C)c1-c1ccccc1. The summed E-state index contributed by atoms with van der Waals surface area (Å²) < 4.78 is 49.8. The van der Waals surface area contributed by atoms with E-state index in [9.17, 15) is 22.8 Å². The summed E-state index contributed by atoms with van der Waals surface area (Å²) in [6, 6.07) is 13.6. The monoisotopic (exact) mass is 518 g/mol. The smallest absolute Gasteiger partial charge is 0.417 e. The third-order valence-electron chi connectivity index (χ3n) is 5.07. The van der Waals surface area contributed by atoms with Gasteiger partial charge in [0.05, 0.1) is 12.7 Å². The predicted molar refractivity (Wildman–Crippen MR) is 133 cm³/mol. The van der Waals surface area contributed by atoms with Crippen LogP contribution in [0.1, 0.15) is 20.8 Å². The molecule has 2 aromatic carbocycles. The predicted octanol–water partition coefficient (Wildman–Crippen LogP) is 6.44. The van der Waals surface area contributed by atoms with Gasteiger partial charge in [0.1, 0.15) is 16.1 Å². The molecule has 6 nitrogen and oxygen atoms in total. The van der Waals surface area contributed by atoms with Crippen molar-refractivity contribution in [1.29, 1.82) is 0 Å². The van der Waals surface area contributed by atoms with Gasteiger partial charge in [-0.3, -0.25) is 0 Å². The normalized spacial score (nSPS) is 11.3. The zero-order chi connectivity index (χ0) is 25.3. The van der Waals surface area contributed by atoms with Crippen LogP contribution in [0.4, 0.5) is 23.9 Å². The van der Waals surface area contributed by atoms with Crippen molar-refractivity contribution < 1.29 is 27.1 Å². The minimum atomic E-state index is -4.71. The Bertz CT molecular complexity index is 1490. The number of fused-ring (bicyclic) bond motifs is 1. The Morgan fingerprint density at radius 2 is 1.80 bits per heavy atom. The third kappa shape index (κ3) is 5.05. The maximum atomic E-state index is 13.3. The minimum absolute atomic E-state index is 0.0738. The molecule has 0 amide bonds. The molecule has 0 aliphatic carbocycles. The van der Waals surface area contributed by atoms with Gasteiger partial charge >= 0.3 is 17.8 Å². The Balaban J connectivity index is 1.65. The molecule has 0 saturated carbocycles. The third-order valence-corrected chi connectivity index (χ3v) is 6.30. The second-order valence-electron chi connectivity index (χ2n) is 7.36. The van der Waals surface area contributed by atoms with Crippen molar-refractivity contribution in [3.63, 3.8) is 0 Å². The summed E-state index contributed by atoms with van der Waals surface area (Å²) >= 11 is 6.67. The first-order valence-electron chi connectivity index (χ1n) is 10.1. The first kappa shape index (κ1) is 24.4. The Morgan fingerprint density at radius 3 is 2.46 bits per heavy atom. The quantitative estimate of drug-likeness (QED) is 0.183. The topological polar surface area (TPSA) is 80.6 Å². The lowest BCUT2D eigenvalue weighted by molar-refractivity contribution is -0.136. The molecule has 0 atom stereocenters. The molecule has 0 aliphatic heterocycles. The molecule has 35 heavy (non-hydrogen) atoms. The molecule has 0 radical (unpaired) electrons. The van der Waals surface area contributed by atoms with E-state index in [1.165, 1.54) is 36.6 Å². The lowest BCUT2D eigenvalue weighted by Crippen LogP contribution is -2.20. The lowest BCUT2D eigenvalue weighted by atomic mass is 10.0. The number of rotatable bonds is 4. The van der Waals surface area contributed by atoms with Crippen molar-refractivity contribution in [2.75, 3.05) is 17.7 Å². The largest absolute Gasteiger partial charge is 0.465 e. The molecule has 0 fully saturated rings. The molecular formula is C24H17F3N2O4S2. The number of alkyl halides is 3. The van der Waals surface area contributed by atoms with Gasteiger partial charge in [-0.1, -0.05) is 30.3 Å². The summed E-state index contributed by atoms with van der Waals surface area (Å²) in [7, 11) is 1.28. The van der Waals surface area contributed by atoms with Gasteiger partial charge in [-0.05, 0) is 36.8 Å². The molecular weight excluding hydrogens is 501 g/mol. The molecule has 0 saturated heterocycles. The maximum absolute atomic E-state index is 13.3. The zero-order valence-corrected chi connectivity index (χ0v) is 19.9. The van der Waals surface area contributed by atoms with E-state index < -0.39 is 23.3 Å². The summed E-state index contributed by atoms with van der Waals surface area (Å²) in [6.07, 6.45) is -4.71. The van der Waals surface area contributed by atoms with Crippen LogP contribution in [0, 0.1) is 6.92 Å². The minimum Gasteiger partial charge on any atom is -0.465 e. The number of benzene rings is 2. The number of esters is 1. The zero-order valence-electron chi connectivity index (χ0n) is 18.3. The van der Waals surface area contributed by atoms with Gasteiger partial charge in [0.15, 0.2) is 5.11 Å². The molecule has 2 N–H and O–H groups in total. The van der Waals surface area contributed by atoms with E-state index in [1.807, 2.05) is 37.3 Å². The molecule has 4 aromatic rings. The van der Waals surface area contributed by atoms with Crippen LogP contribution in [0.5, 0.6) is 0 Å². The van der Waals surface area contributed by atoms with Crippen LogP contribution >= 0.6 is 23.6 Å². The van der Waals surface area contributed by atoms with Gasteiger partial charge in [-0.25, -0.2) is 9.59 Å². The van der Waals surface area contributed by atoms with Crippen molar-refractivity contribution >= 4 is 56.3 Å². The molecule has 180 valence electrons. The van der Waals surface area contributed by atoms with Gasteiger partial charge in [0.25, 0.3) is 0 Å². The van der Waals surface area contributed by atoms with E-state index in [-0.39, 0.29) is 21.8 Å². The van der Waals surface area contributed by atoms with Crippen LogP contribution in [-0.4, -0.2) is 18.2 Å². The van der Waals surface area contributed by atoms with Crippen LogP contribution in [0.3, 0.4) is 0 Å². The summed E-state index contributed by atoms with van der Waals surface area (Å²) in [5.41, 5.74) is -0.308. The van der Waals surface area contributed by atoms with Crippen LogP contribution in [-0.2, 0) is 10.9 Å². The average molecular weight is 519 g/mol. The number of hydrogen-bond acceptors (Lipinski definition) is 6. The highest BCUT2D eigenvalue weighted by atomic mass is 32.1. The lowest BCUT2D eigenvalue weighted by Gasteiger charge is -2.13. The van der Waals surface area contributed by atoms with Crippen LogP contribution in [0.25, 0.3) is 22.1 Å². The van der Waals surface area contributed by atoms with Crippen LogP contribution in [0.15, 0.2) is 63.8 Å². The Morgan fingerprint density at radius 1 is 1.09 bits per heavy atom. The standard InChI is InChI=1S/C24H17F3N2O4S2/c1-12-19(13-6-4-3-5-7-13)20(22(31)32-2)21(35-12)29-23(34)28-14-8-9-15-16(24(25,26)27)11-18(30)33-17(15)10-14/h3-11H,1-2H3,(H2,28,29,34). The van der Waals surface area contributed by atoms with Crippen molar-refractivity contribution in [1.82, 2.24) is 0 Å². The van der Waals surface area contributed by atoms with E-state index in [2.05, 4.69) is 10.6 Å². The number of hydrogen-bond donors (Lipinski definition) is 2. The summed E-state index contributed by atoms with van der Waals surface area (Å²) in [6.45, 7) is 1.87. The van der Waals surface area contributed by atoms with E-state index in [0.29, 0.717) is 22.2 Å². The summed E-state index contributed by atoms with van der Waals surface area (Å²) in [4.78, 5) is 25.1. The molecule has 4 rings (SSSR count). The van der Waals surface area contributed by atoms with Crippen molar-refractivity contribution in [3.05, 3.63) is 81.0 Å². The second-order valence-corrected chi connectivity index (χ2v) is 8.99. The first-order chi connectivity index (χ1) is 16.6. The van der Waals surface area contributed by atoms with Gasteiger partial charge < -0.3 is 19.8 Å². The molecule has 11 heteroatoms.